The van der Waals surface area contributed by atoms with Crippen molar-refractivity contribution in [2.24, 2.45) is 0 Å². The maximum atomic E-state index is 5.93. The number of hydrogen-bond donors (Lipinski definition) is 0. The van der Waals surface area contributed by atoms with Crippen LogP contribution in [0.1, 0.15) is 42.6 Å². The lowest BCUT2D eigenvalue weighted by Gasteiger charge is -2.09. The van der Waals surface area contributed by atoms with Crippen LogP contribution >= 0.6 is 11.8 Å². The van der Waals surface area contributed by atoms with Crippen molar-refractivity contribution in [2.45, 2.75) is 49.7 Å². The van der Waals surface area contributed by atoms with E-state index in [4.69, 9.17) is 4.74 Å². The van der Waals surface area contributed by atoms with Gasteiger partial charge in [-0.05, 0) is 43.0 Å². The summed E-state index contributed by atoms with van der Waals surface area (Å²) in [4.78, 5) is 0. The lowest BCUT2D eigenvalue weighted by atomic mass is 10.2. The van der Waals surface area contributed by atoms with Crippen molar-refractivity contribution < 1.29 is 4.74 Å². The molecule has 0 bridgehead atoms. The average Bonchev–Trinajstić information content (AvgIpc) is 3.45. The number of nitrogens with zero attached hydrogens (tertiary/aromatic N) is 3. The van der Waals surface area contributed by atoms with Crippen LogP contribution in [-0.2, 0) is 18.9 Å². The minimum atomic E-state index is 0.590. The van der Waals surface area contributed by atoms with Crippen LogP contribution in [0.3, 0.4) is 0 Å². The maximum absolute atomic E-state index is 5.93. The lowest BCUT2D eigenvalue weighted by Crippen LogP contribution is -2.02. The zero-order valence-corrected chi connectivity index (χ0v) is 15.8. The fraction of sp³-hybridized carbons (Fsp3) is 0.333. The van der Waals surface area contributed by atoms with Crippen LogP contribution in [-0.4, -0.2) is 14.8 Å². The molecule has 0 amide bonds. The highest BCUT2D eigenvalue weighted by Crippen LogP contribution is 2.40. The van der Waals surface area contributed by atoms with Crippen LogP contribution in [0.4, 0.5) is 0 Å². The molecule has 0 saturated heterocycles. The van der Waals surface area contributed by atoms with E-state index >= 15 is 0 Å². The SMILES string of the molecule is CCn1c(SCc2cccc(OCc3ccccc3)c2)nnc1C1CC1. The van der Waals surface area contributed by atoms with Gasteiger partial charge in [-0.3, -0.25) is 0 Å². The summed E-state index contributed by atoms with van der Waals surface area (Å²) in [6, 6.07) is 18.6. The van der Waals surface area contributed by atoms with Crippen molar-refractivity contribution in [3.8, 4) is 5.75 Å². The predicted molar refractivity (Wildman–Crippen MR) is 104 cm³/mol. The van der Waals surface area contributed by atoms with Crippen LogP contribution in [0.25, 0.3) is 0 Å². The minimum Gasteiger partial charge on any atom is -0.489 e. The third-order valence-electron chi connectivity index (χ3n) is 4.52. The summed E-state index contributed by atoms with van der Waals surface area (Å²) >= 11 is 1.75. The third kappa shape index (κ3) is 4.10. The van der Waals surface area contributed by atoms with E-state index in [1.165, 1.54) is 24.0 Å². The van der Waals surface area contributed by atoms with Crippen molar-refractivity contribution in [1.29, 1.82) is 0 Å². The largest absolute Gasteiger partial charge is 0.489 e. The Morgan fingerprint density at radius 3 is 2.62 bits per heavy atom. The molecule has 3 aromatic rings. The topological polar surface area (TPSA) is 39.9 Å². The monoisotopic (exact) mass is 365 g/mol. The Hall–Kier alpha value is -2.27. The van der Waals surface area contributed by atoms with Crippen molar-refractivity contribution >= 4 is 11.8 Å². The first kappa shape index (κ1) is 17.2. The number of hydrogen-bond acceptors (Lipinski definition) is 4. The Morgan fingerprint density at radius 1 is 1.04 bits per heavy atom. The first-order valence-electron chi connectivity index (χ1n) is 9.15. The third-order valence-corrected chi connectivity index (χ3v) is 5.56. The van der Waals surface area contributed by atoms with Gasteiger partial charge in [0.25, 0.3) is 0 Å². The molecule has 1 aliphatic carbocycles. The van der Waals surface area contributed by atoms with Gasteiger partial charge in [-0.15, -0.1) is 10.2 Å². The van der Waals surface area contributed by atoms with E-state index < -0.39 is 0 Å². The minimum absolute atomic E-state index is 0.590. The van der Waals surface area contributed by atoms with Crippen LogP contribution < -0.4 is 4.74 Å². The summed E-state index contributed by atoms with van der Waals surface area (Å²) in [5, 5.41) is 9.83. The molecule has 0 atom stereocenters. The van der Waals surface area contributed by atoms with E-state index in [-0.39, 0.29) is 0 Å². The second-order valence-corrected chi connectivity index (χ2v) is 7.51. The van der Waals surface area contributed by atoms with Crippen molar-refractivity contribution in [3.63, 3.8) is 0 Å². The molecule has 4 rings (SSSR count). The standard InChI is InChI=1S/C21H23N3OS/c1-2-24-20(18-11-12-18)22-23-21(24)26-15-17-9-6-10-19(13-17)25-14-16-7-4-3-5-8-16/h3-10,13,18H,2,11-12,14-15H2,1H3. The fourth-order valence-electron chi connectivity index (χ4n) is 2.96. The highest BCUT2D eigenvalue weighted by Gasteiger charge is 2.29. The van der Waals surface area contributed by atoms with Gasteiger partial charge in [0.1, 0.15) is 18.2 Å². The van der Waals surface area contributed by atoms with Crippen molar-refractivity contribution in [1.82, 2.24) is 14.8 Å². The molecule has 1 saturated carbocycles. The Balaban J connectivity index is 1.38. The number of ether oxygens (including phenoxy) is 1. The van der Waals surface area contributed by atoms with Gasteiger partial charge in [-0.2, -0.15) is 0 Å². The molecule has 1 heterocycles. The molecule has 4 nitrogen and oxygen atoms in total. The van der Waals surface area contributed by atoms with Gasteiger partial charge in [-0.1, -0.05) is 54.2 Å². The Labute approximate surface area is 158 Å². The van der Waals surface area contributed by atoms with E-state index in [0.29, 0.717) is 12.5 Å². The molecule has 1 aliphatic rings. The Kier molecular flexibility index (Phi) is 5.25. The average molecular weight is 366 g/mol. The molecule has 0 unspecified atom stereocenters. The molecular formula is C21H23N3OS. The maximum Gasteiger partial charge on any atom is 0.191 e. The highest BCUT2D eigenvalue weighted by atomic mass is 32.2. The molecule has 26 heavy (non-hydrogen) atoms. The summed E-state index contributed by atoms with van der Waals surface area (Å²) in [5.41, 5.74) is 2.41. The predicted octanol–water partition coefficient (Wildman–Crippen LogP) is 5.05. The fourth-order valence-corrected chi connectivity index (χ4v) is 3.91. The van der Waals surface area contributed by atoms with E-state index in [2.05, 4.69) is 52.0 Å². The summed E-state index contributed by atoms with van der Waals surface area (Å²) < 4.78 is 8.19. The Morgan fingerprint density at radius 2 is 1.85 bits per heavy atom. The van der Waals surface area contributed by atoms with E-state index in [1.54, 1.807) is 11.8 Å². The molecule has 5 heteroatoms. The van der Waals surface area contributed by atoms with E-state index in [0.717, 1.165) is 29.0 Å². The van der Waals surface area contributed by atoms with Gasteiger partial charge < -0.3 is 9.30 Å². The molecule has 2 aromatic carbocycles. The van der Waals surface area contributed by atoms with Gasteiger partial charge >= 0.3 is 0 Å². The molecule has 0 spiro atoms. The van der Waals surface area contributed by atoms with Crippen LogP contribution in [0.15, 0.2) is 59.8 Å². The summed E-state index contributed by atoms with van der Waals surface area (Å²) in [6.45, 7) is 3.69. The molecule has 1 fully saturated rings. The summed E-state index contributed by atoms with van der Waals surface area (Å²) in [5.74, 6) is 3.56. The van der Waals surface area contributed by atoms with E-state index in [1.807, 2.05) is 24.3 Å². The van der Waals surface area contributed by atoms with Gasteiger partial charge in [-0.25, -0.2) is 0 Å². The van der Waals surface area contributed by atoms with Crippen LogP contribution in [0.5, 0.6) is 5.75 Å². The molecule has 0 aliphatic heterocycles. The van der Waals surface area contributed by atoms with Gasteiger partial charge in [0.2, 0.25) is 0 Å². The van der Waals surface area contributed by atoms with Gasteiger partial charge in [0.05, 0.1) is 0 Å². The molecule has 1 aromatic heterocycles. The Bertz CT molecular complexity index is 859. The zero-order valence-electron chi connectivity index (χ0n) is 15.0. The normalized spacial score (nSPS) is 13.7. The summed E-state index contributed by atoms with van der Waals surface area (Å²) in [7, 11) is 0. The first-order valence-corrected chi connectivity index (χ1v) is 10.1. The molecule has 0 radical (unpaired) electrons. The second-order valence-electron chi connectivity index (χ2n) is 6.57. The molecule has 0 N–H and O–H groups in total. The number of benzene rings is 2. The number of rotatable bonds is 8. The quantitative estimate of drug-likeness (QED) is 0.524. The van der Waals surface area contributed by atoms with Crippen LogP contribution in [0.2, 0.25) is 0 Å². The van der Waals surface area contributed by atoms with Crippen LogP contribution in [0, 0.1) is 0 Å². The number of thioether (sulfide) groups is 1. The van der Waals surface area contributed by atoms with Gasteiger partial charge in [0.15, 0.2) is 5.16 Å². The zero-order chi connectivity index (χ0) is 17.8. The number of aromatic nitrogens is 3. The van der Waals surface area contributed by atoms with Crippen molar-refractivity contribution in [2.75, 3.05) is 0 Å². The van der Waals surface area contributed by atoms with E-state index in [9.17, 15) is 0 Å². The second kappa shape index (κ2) is 7.96. The summed E-state index contributed by atoms with van der Waals surface area (Å²) in [6.07, 6.45) is 2.51. The molecular weight excluding hydrogens is 342 g/mol. The van der Waals surface area contributed by atoms with Gasteiger partial charge in [0, 0.05) is 18.2 Å². The lowest BCUT2D eigenvalue weighted by molar-refractivity contribution is 0.306. The molecule has 134 valence electrons. The smallest absolute Gasteiger partial charge is 0.191 e. The highest BCUT2D eigenvalue weighted by molar-refractivity contribution is 7.98. The van der Waals surface area contributed by atoms with Crippen molar-refractivity contribution in [3.05, 3.63) is 71.5 Å². The first-order chi connectivity index (χ1) is 12.8.